The van der Waals surface area contributed by atoms with Crippen molar-refractivity contribution in [3.63, 3.8) is 0 Å². The number of benzene rings is 1. The summed E-state index contributed by atoms with van der Waals surface area (Å²) in [4.78, 5) is 15.8. The molecule has 0 saturated heterocycles. The second kappa shape index (κ2) is 5.43. The van der Waals surface area contributed by atoms with E-state index in [4.69, 9.17) is 5.73 Å². The summed E-state index contributed by atoms with van der Waals surface area (Å²) in [6.45, 7) is 1.60. The van der Waals surface area contributed by atoms with Crippen LogP contribution >= 0.6 is 0 Å². The molecular weight excluding hydrogens is 283 g/mol. The standard InChI is InChI=1S/C14H12F3N3O/c1-8-2-3-9(14(15,16)17)6-11(8)20-13(21)12-7-10(18)4-5-19-12/h2-7H,1H3,(H2,18,19)(H,20,21). The van der Waals surface area contributed by atoms with Gasteiger partial charge < -0.3 is 11.1 Å². The van der Waals surface area contributed by atoms with Gasteiger partial charge in [0.1, 0.15) is 5.69 Å². The summed E-state index contributed by atoms with van der Waals surface area (Å²) in [5.74, 6) is -0.621. The van der Waals surface area contributed by atoms with Crippen molar-refractivity contribution in [2.75, 3.05) is 11.1 Å². The Hall–Kier alpha value is -2.57. The Morgan fingerprint density at radius 1 is 1.24 bits per heavy atom. The number of nitrogens with two attached hydrogens (primary N) is 1. The molecule has 2 aromatic rings. The third kappa shape index (κ3) is 3.50. The van der Waals surface area contributed by atoms with Crippen molar-refractivity contribution in [3.8, 4) is 0 Å². The minimum Gasteiger partial charge on any atom is -0.399 e. The first-order chi connectivity index (χ1) is 9.77. The Labute approximate surface area is 118 Å². The van der Waals surface area contributed by atoms with Crippen LogP contribution in [0.2, 0.25) is 0 Å². The van der Waals surface area contributed by atoms with E-state index in [0.29, 0.717) is 11.3 Å². The molecule has 0 atom stereocenters. The number of nitrogen functional groups attached to an aromatic ring is 1. The van der Waals surface area contributed by atoms with Crippen LogP contribution in [-0.4, -0.2) is 10.9 Å². The van der Waals surface area contributed by atoms with Gasteiger partial charge in [0.15, 0.2) is 0 Å². The number of halogens is 3. The first-order valence-electron chi connectivity index (χ1n) is 5.98. The monoisotopic (exact) mass is 295 g/mol. The summed E-state index contributed by atoms with van der Waals surface area (Å²) in [6.07, 6.45) is -3.12. The second-order valence-corrected chi connectivity index (χ2v) is 4.46. The van der Waals surface area contributed by atoms with Crippen LogP contribution in [0.25, 0.3) is 0 Å². The number of amides is 1. The molecule has 0 fully saturated rings. The van der Waals surface area contributed by atoms with Crippen molar-refractivity contribution in [1.82, 2.24) is 4.98 Å². The summed E-state index contributed by atoms with van der Waals surface area (Å²) in [6, 6.07) is 6.00. The van der Waals surface area contributed by atoms with Crippen molar-refractivity contribution in [3.05, 3.63) is 53.3 Å². The summed E-state index contributed by atoms with van der Waals surface area (Å²) in [5, 5.41) is 2.41. The zero-order valence-corrected chi connectivity index (χ0v) is 11.0. The lowest BCUT2D eigenvalue weighted by molar-refractivity contribution is -0.137. The highest BCUT2D eigenvalue weighted by Gasteiger charge is 2.31. The normalized spacial score (nSPS) is 11.2. The van der Waals surface area contributed by atoms with E-state index in [-0.39, 0.29) is 11.4 Å². The maximum absolute atomic E-state index is 12.7. The van der Waals surface area contributed by atoms with Crippen LogP contribution in [0.15, 0.2) is 36.5 Å². The number of nitrogens with zero attached hydrogens (tertiary/aromatic N) is 1. The summed E-state index contributed by atoms with van der Waals surface area (Å²) in [5.41, 5.74) is 5.68. The Balaban J connectivity index is 2.29. The zero-order chi connectivity index (χ0) is 15.6. The number of aryl methyl sites for hydroxylation is 1. The van der Waals surface area contributed by atoms with Crippen LogP contribution < -0.4 is 11.1 Å². The smallest absolute Gasteiger partial charge is 0.399 e. The van der Waals surface area contributed by atoms with Crippen LogP contribution in [0.4, 0.5) is 24.5 Å². The fourth-order valence-corrected chi connectivity index (χ4v) is 1.69. The molecule has 0 unspecified atom stereocenters. The molecule has 7 heteroatoms. The van der Waals surface area contributed by atoms with Gasteiger partial charge in [-0.2, -0.15) is 13.2 Å². The minimum atomic E-state index is -4.47. The number of hydrogen-bond donors (Lipinski definition) is 2. The van der Waals surface area contributed by atoms with Gasteiger partial charge >= 0.3 is 6.18 Å². The predicted molar refractivity (Wildman–Crippen MR) is 72.8 cm³/mol. The largest absolute Gasteiger partial charge is 0.416 e. The lowest BCUT2D eigenvalue weighted by Crippen LogP contribution is -2.15. The SMILES string of the molecule is Cc1ccc(C(F)(F)F)cc1NC(=O)c1cc(N)ccn1. The van der Waals surface area contributed by atoms with Gasteiger partial charge in [0.25, 0.3) is 5.91 Å². The third-order valence-electron chi connectivity index (χ3n) is 2.83. The van der Waals surface area contributed by atoms with Crippen molar-refractivity contribution in [2.45, 2.75) is 13.1 Å². The topological polar surface area (TPSA) is 68.0 Å². The molecule has 3 N–H and O–H groups in total. The second-order valence-electron chi connectivity index (χ2n) is 4.46. The highest BCUT2D eigenvalue weighted by molar-refractivity contribution is 6.03. The van der Waals surface area contributed by atoms with Gasteiger partial charge in [-0.25, -0.2) is 0 Å². The van der Waals surface area contributed by atoms with Crippen LogP contribution in [0.5, 0.6) is 0 Å². The molecule has 0 spiro atoms. The van der Waals surface area contributed by atoms with Crippen LogP contribution in [0.1, 0.15) is 21.6 Å². The van der Waals surface area contributed by atoms with Gasteiger partial charge in [-0.05, 0) is 36.8 Å². The van der Waals surface area contributed by atoms with Crippen LogP contribution in [-0.2, 0) is 6.18 Å². The summed E-state index contributed by atoms with van der Waals surface area (Å²) in [7, 11) is 0. The lowest BCUT2D eigenvalue weighted by atomic mass is 10.1. The molecular formula is C14H12F3N3O. The number of pyridine rings is 1. The fraction of sp³-hybridized carbons (Fsp3) is 0.143. The Bertz CT molecular complexity index is 683. The van der Waals surface area contributed by atoms with E-state index in [9.17, 15) is 18.0 Å². The molecule has 4 nitrogen and oxygen atoms in total. The maximum Gasteiger partial charge on any atom is 0.416 e. The van der Waals surface area contributed by atoms with Crippen molar-refractivity contribution in [1.29, 1.82) is 0 Å². The molecule has 1 aromatic heterocycles. The molecule has 0 bridgehead atoms. The third-order valence-corrected chi connectivity index (χ3v) is 2.83. The Morgan fingerprint density at radius 3 is 2.57 bits per heavy atom. The molecule has 0 aliphatic heterocycles. The average Bonchev–Trinajstić information content (AvgIpc) is 2.40. The van der Waals surface area contributed by atoms with Crippen molar-refractivity contribution < 1.29 is 18.0 Å². The highest BCUT2D eigenvalue weighted by Crippen LogP contribution is 2.32. The summed E-state index contributed by atoms with van der Waals surface area (Å²) < 4.78 is 38.0. The minimum absolute atomic E-state index is 0.0341. The fourth-order valence-electron chi connectivity index (χ4n) is 1.69. The van der Waals surface area contributed by atoms with Crippen LogP contribution in [0, 0.1) is 6.92 Å². The van der Waals surface area contributed by atoms with Crippen molar-refractivity contribution >= 4 is 17.3 Å². The molecule has 2 rings (SSSR count). The molecule has 0 aliphatic rings. The molecule has 1 heterocycles. The first kappa shape index (κ1) is 14.8. The molecule has 0 aliphatic carbocycles. The van der Waals surface area contributed by atoms with Crippen molar-refractivity contribution in [2.24, 2.45) is 0 Å². The molecule has 0 radical (unpaired) electrons. The van der Waals surface area contributed by atoms with Gasteiger partial charge in [0.2, 0.25) is 0 Å². The van der Waals surface area contributed by atoms with Crippen LogP contribution in [0.3, 0.4) is 0 Å². The molecule has 21 heavy (non-hydrogen) atoms. The predicted octanol–water partition coefficient (Wildman–Crippen LogP) is 3.24. The van der Waals surface area contributed by atoms with E-state index in [0.717, 1.165) is 12.1 Å². The Kier molecular flexibility index (Phi) is 3.84. The van der Waals surface area contributed by atoms with Gasteiger partial charge in [-0.1, -0.05) is 6.07 Å². The van der Waals surface area contributed by atoms with Gasteiger partial charge in [-0.15, -0.1) is 0 Å². The number of alkyl halides is 3. The molecule has 110 valence electrons. The van der Waals surface area contributed by atoms with Gasteiger partial charge in [-0.3, -0.25) is 9.78 Å². The molecule has 1 aromatic carbocycles. The number of aromatic nitrogens is 1. The molecule has 1 amide bonds. The van der Waals surface area contributed by atoms with E-state index in [2.05, 4.69) is 10.3 Å². The number of anilines is 2. The molecule has 0 saturated carbocycles. The van der Waals surface area contributed by atoms with E-state index in [1.807, 2.05) is 0 Å². The number of hydrogen-bond acceptors (Lipinski definition) is 3. The quantitative estimate of drug-likeness (QED) is 0.893. The number of carbonyl (C=O) groups excluding carboxylic acids is 1. The maximum atomic E-state index is 12.7. The Morgan fingerprint density at radius 2 is 1.95 bits per heavy atom. The van der Waals surface area contributed by atoms with Gasteiger partial charge in [0, 0.05) is 17.6 Å². The van der Waals surface area contributed by atoms with Gasteiger partial charge in [0.05, 0.1) is 5.56 Å². The first-order valence-corrected chi connectivity index (χ1v) is 5.98. The highest BCUT2D eigenvalue weighted by atomic mass is 19.4. The summed E-state index contributed by atoms with van der Waals surface area (Å²) >= 11 is 0. The van der Waals surface area contributed by atoms with E-state index < -0.39 is 17.6 Å². The average molecular weight is 295 g/mol. The zero-order valence-electron chi connectivity index (χ0n) is 11.0. The van der Waals surface area contributed by atoms with E-state index in [1.165, 1.54) is 24.4 Å². The van der Waals surface area contributed by atoms with E-state index in [1.54, 1.807) is 6.92 Å². The number of carbonyl (C=O) groups is 1. The van der Waals surface area contributed by atoms with E-state index >= 15 is 0 Å². The number of rotatable bonds is 2. The number of nitrogens with one attached hydrogen (secondary N) is 1. The lowest BCUT2D eigenvalue weighted by Gasteiger charge is -2.12.